The first kappa shape index (κ1) is 30.7. The molecule has 4 unspecified atom stereocenters. The van der Waals surface area contributed by atoms with E-state index in [1.807, 2.05) is 0 Å². The van der Waals surface area contributed by atoms with Crippen LogP contribution in [-0.2, 0) is 23.7 Å². The molecule has 0 aromatic carbocycles. The molecule has 9 nitrogen and oxygen atoms in total. The van der Waals surface area contributed by atoms with E-state index in [9.17, 15) is 9.59 Å². The quantitative estimate of drug-likeness (QED) is 0.287. The van der Waals surface area contributed by atoms with Crippen LogP contribution in [0, 0.1) is 0 Å². The summed E-state index contributed by atoms with van der Waals surface area (Å²) in [5.41, 5.74) is 0.0789. The highest BCUT2D eigenvalue weighted by atomic mass is 16.6. The average molecular weight is 562 g/mol. The van der Waals surface area contributed by atoms with Crippen molar-refractivity contribution in [3.05, 3.63) is 23.5 Å². The molecule has 4 rings (SSSR count). The van der Waals surface area contributed by atoms with Crippen LogP contribution in [0.25, 0.3) is 0 Å². The van der Waals surface area contributed by atoms with Gasteiger partial charge in [-0.25, -0.2) is 14.6 Å². The summed E-state index contributed by atoms with van der Waals surface area (Å²) < 4.78 is 35.6. The van der Waals surface area contributed by atoms with Gasteiger partial charge in [0.15, 0.2) is 11.4 Å². The number of ether oxygens (including phenoxy) is 6. The lowest BCUT2D eigenvalue weighted by molar-refractivity contribution is -0.0969. The van der Waals surface area contributed by atoms with Gasteiger partial charge in [0.25, 0.3) is 0 Å². The van der Waals surface area contributed by atoms with Gasteiger partial charge in [-0.15, -0.1) is 0 Å². The molecular weight excluding hydrogens is 514 g/mol. The Morgan fingerprint density at radius 3 is 1.75 bits per heavy atom. The molecule has 1 aromatic heterocycles. The number of hydrogen-bond donors (Lipinski definition) is 0. The fourth-order valence-electron chi connectivity index (χ4n) is 5.66. The third kappa shape index (κ3) is 9.70. The summed E-state index contributed by atoms with van der Waals surface area (Å²) in [6.07, 6.45) is 12.7. The summed E-state index contributed by atoms with van der Waals surface area (Å²) in [4.78, 5) is 31.0. The van der Waals surface area contributed by atoms with Gasteiger partial charge >= 0.3 is 11.9 Å². The van der Waals surface area contributed by atoms with Gasteiger partial charge in [-0.3, -0.25) is 0 Å². The molecule has 4 atom stereocenters. The Hall–Kier alpha value is -2.23. The molecule has 2 bridgehead atoms. The van der Waals surface area contributed by atoms with Gasteiger partial charge in [-0.05, 0) is 44.9 Å². The fourth-order valence-corrected chi connectivity index (χ4v) is 5.66. The number of hydrogen-bond acceptors (Lipinski definition) is 9. The number of unbranched alkanes of at least 4 members (excludes halogenated alkanes) is 5. The molecule has 2 saturated carbocycles. The third-order valence-corrected chi connectivity index (χ3v) is 7.90. The highest BCUT2D eigenvalue weighted by Gasteiger charge is 2.32. The van der Waals surface area contributed by atoms with Crippen LogP contribution < -0.4 is 4.74 Å². The molecule has 0 N–H and O–H groups in total. The first-order valence-corrected chi connectivity index (χ1v) is 15.5. The zero-order valence-electron chi connectivity index (χ0n) is 24.1. The van der Waals surface area contributed by atoms with Crippen molar-refractivity contribution in [2.45, 2.75) is 121 Å². The summed E-state index contributed by atoms with van der Waals surface area (Å²) in [5, 5.41) is 0. The average Bonchev–Trinajstić information content (AvgIpc) is 2.97. The predicted octanol–water partition coefficient (Wildman–Crippen LogP) is 5.82. The summed E-state index contributed by atoms with van der Waals surface area (Å²) in [6.45, 7) is 4.42. The highest BCUT2D eigenvalue weighted by Crippen LogP contribution is 2.27. The predicted molar refractivity (Wildman–Crippen MR) is 149 cm³/mol. The lowest BCUT2D eigenvalue weighted by Gasteiger charge is -2.32. The Kier molecular flexibility index (Phi) is 13.0. The molecule has 2 heterocycles. The van der Waals surface area contributed by atoms with Crippen LogP contribution in [0.15, 0.2) is 12.1 Å². The van der Waals surface area contributed by atoms with Gasteiger partial charge in [-0.2, -0.15) is 0 Å². The minimum atomic E-state index is -0.587. The molecule has 3 aliphatic rings. The smallest absolute Gasteiger partial charge is 0.357 e. The second kappa shape index (κ2) is 16.9. The van der Waals surface area contributed by atoms with Crippen LogP contribution in [0.2, 0.25) is 0 Å². The van der Waals surface area contributed by atoms with Crippen LogP contribution in [0.4, 0.5) is 0 Å². The molecule has 1 aliphatic heterocycles. The number of fused-ring (bicyclic) bond motifs is 4. The molecule has 2 fully saturated rings. The fraction of sp³-hybridized carbons (Fsp3) is 0.774. The first-order chi connectivity index (χ1) is 19.6. The van der Waals surface area contributed by atoms with Crippen molar-refractivity contribution in [3.63, 3.8) is 0 Å². The molecule has 40 heavy (non-hydrogen) atoms. The van der Waals surface area contributed by atoms with Gasteiger partial charge in [0.05, 0.1) is 45.2 Å². The monoisotopic (exact) mass is 561 g/mol. The maximum atomic E-state index is 13.3. The van der Waals surface area contributed by atoms with Crippen molar-refractivity contribution in [3.8, 4) is 5.75 Å². The number of aromatic nitrogens is 1. The van der Waals surface area contributed by atoms with E-state index < -0.39 is 11.9 Å². The van der Waals surface area contributed by atoms with Crippen molar-refractivity contribution in [1.82, 2.24) is 4.98 Å². The van der Waals surface area contributed by atoms with E-state index in [1.54, 1.807) is 12.1 Å². The van der Waals surface area contributed by atoms with Crippen molar-refractivity contribution >= 4 is 11.9 Å². The van der Waals surface area contributed by atoms with Crippen molar-refractivity contribution in [2.24, 2.45) is 0 Å². The van der Waals surface area contributed by atoms with Gasteiger partial charge in [-0.1, -0.05) is 51.9 Å². The van der Waals surface area contributed by atoms with Crippen molar-refractivity contribution < 1.29 is 38.0 Å². The van der Waals surface area contributed by atoms with Gasteiger partial charge in [0.2, 0.25) is 0 Å². The Morgan fingerprint density at radius 1 is 0.700 bits per heavy atom. The maximum Gasteiger partial charge on any atom is 0.357 e. The van der Waals surface area contributed by atoms with Crippen molar-refractivity contribution in [2.75, 3.05) is 33.0 Å². The number of carbonyl (C=O) groups excluding carboxylic acids is 2. The number of nitrogens with zero attached hydrogens (tertiary/aromatic N) is 1. The molecular formula is C31H47NO8. The third-order valence-electron chi connectivity index (χ3n) is 7.90. The number of esters is 2. The molecule has 0 spiro atoms. The van der Waals surface area contributed by atoms with E-state index in [1.165, 1.54) is 25.7 Å². The Balaban J connectivity index is 1.51. The minimum absolute atomic E-state index is 0.0395. The van der Waals surface area contributed by atoms with E-state index in [2.05, 4.69) is 11.9 Å². The molecule has 9 heteroatoms. The first-order valence-electron chi connectivity index (χ1n) is 15.5. The molecule has 2 aliphatic carbocycles. The highest BCUT2D eigenvalue weighted by molar-refractivity contribution is 5.92. The molecule has 224 valence electrons. The maximum absolute atomic E-state index is 13.3. The minimum Gasteiger partial charge on any atom is -0.493 e. The van der Waals surface area contributed by atoms with E-state index in [-0.39, 0.29) is 35.8 Å². The van der Waals surface area contributed by atoms with Crippen LogP contribution in [0.1, 0.15) is 118 Å². The lowest BCUT2D eigenvalue weighted by Crippen LogP contribution is -2.38. The zero-order chi connectivity index (χ0) is 28.0. The van der Waals surface area contributed by atoms with Gasteiger partial charge < -0.3 is 28.4 Å². The van der Waals surface area contributed by atoms with E-state index in [0.717, 1.165) is 64.2 Å². The van der Waals surface area contributed by atoms with Crippen LogP contribution in [0.5, 0.6) is 5.75 Å². The Labute approximate surface area is 238 Å². The van der Waals surface area contributed by atoms with Gasteiger partial charge in [0.1, 0.15) is 18.0 Å². The molecule has 0 amide bonds. The van der Waals surface area contributed by atoms with Crippen LogP contribution in [0.3, 0.4) is 0 Å². The Bertz CT molecular complexity index is 864. The summed E-state index contributed by atoms with van der Waals surface area (Å²) in [6, 6.07) is 3.13. The van der Waals surface area contributed by atoms with E-state index >= 15 is 0 Å². The second-order valence-electron chi connectivity index (χ2n) is 11.1. The SMILES string of the molecule is CCCCCCCCOc1cc2nc(c1)C(=O)OC1CCCCC1OCCOCCOC1CCCCC1OC2=O. The Morgan fingerprint density at radius 2 is 1.20 bits per heavy atom. The topological polar surface area (TPSA) is 102 Å². The van der Waals surface area contributed by atoms with E-state index in [4.69, 9.17) is 28.4 Å². The van der Waals surface area contributed by atoms with Gasteiger partial charge in [0, 0.05) is 12.1 Å². The van der Waals surface area contributed by atoms with E-state index in [0.29, 0.717) is 38.8 Å². The second-order valence-corrected chi connectivity index (χ2v) is 11.1. The largest absolute Gasteiger partial charge is 0.493 e. The molecule has 0 radical (unpaired) electrons. The molecule has 0 saturated heterocycles. The zero-order valence-corrected chi connectivity index (χ0v) is 24.1. The number of rotatable bonds is 8. The van der Waals surface area contributed by atoms with Crippen molar-refractivity contribution in [1.29, 1.82) is 0 Å². The molecule has 1 aromatic rings. The summed E-state index contributed by atoms with van der Waals surface area (Å²) >= 11 is 0. The number of pyridine rings is 1. The normalized spacial score (nSPS) is 26.8. The van der Waals surface area contributed by atoms with Crippen LogP contribution >= 0.6 is 0 Å². The number of carbonyl (C=O) groups is 2. The standard InChI is InChI=1S/C31H47NO8/c1-2-3-4-5-6-11-16-36-23-21-24-30(33)39-28-14-9-7-12-26(28)37-19-17-35-18-20-38-27-13-8-10-15-29(27)40-31(34)25(22-23)32-24/h21-22,26-29H,2-20H2,1H3. The summed E-state index contributed by atoms with van der Waals surface area (Å²) in [5.74, 6) is -0.756. The van der Waals surface area contributed by atoms with Crippen LogP contribution in [-0.4, -0.2) is 74.4 Å². The lowest BCUT2D eigenvalue weighted by atomic mass is 9.94. The summed E-state index contributed by atoms with van der Waals surface area (Å²) in [7, 11) is 0.